The molecule has 1 aromatic heterocycles. The first-order valence-corrected chi connectivity index (χ1v) is 5.59. The summed E-state index contributed by atoms with van der Waals surface area (Å²) in [4.78, 5) is 4.27. The van der Waals surface area contributed by atoms with Crippen LogP contribution < -0.4 is 10.1 Å². The maximum Gasteiger partial charge on any atom is 0.228 e. The van der Waals surface area contributed by atoms with E-state index in [9.17, 15) is 5.11 Å². The minimum Gasteiger partial charge on any atom is -0.504 e. The van der Waals surface area contributed by atoms with Gasteiger partial charge in [0.15, 0.2) is 11.5 Å². The Kier molecular flexibility index (Phi) is 3.78. The number of benzene rings is 1. The Morgan fingerprint density at radius 3 is 3.00 bits per heavy atom. The lowest BCUT2D eigenvalue weighted by Gasteiger charge is -2.03. The molecule has 1 aromatic carbocycles. The second-order valence-electron chi connectivity index (χ2n) is 3.75. The van der Waals surface area contributed by atoms with Crippen LogP contribution in [0.25, 0.3) is 11.4 Å². The molecule has 96 valence electrons. The van der Waals surface area contributed by atoms with Crippen molar-refractivity contribution >= 4 is 0 Å². The molecule has 0 saturated heterocycles. The van der Waals surface area contributed by atoms with E-state index in [1.165, 1.54) is 13.2 Å². The predicted molar refractivity (Wildman–Crippen MR) is 65.6 cm³/mol. The lowest BCUT2D eigenvalue weighted by atomic mass is 10.2. The molecule has 0 saturated carbocycles. The van der Waals surface area contributed by atoms with E-state index in [0.29, 0.717) is 23.9 Å². The number of phenols is 1. The second-order valence-corrected chi connectivity index (χ2v) is 3.75. The van der Waals surface area contributed by atoms with Crippen molar-refractivity contribution in [1.29, 1.82) is 0 Å². The molecule has 0 amide bonds. The molecule has 0 radical (unpaired) electrons. The molecule has 0 spiro atoms. The molecule has 2 rings (SSSR count). The summed E-state index contributed by atoms with van der Waals surface area (Å²) in [6, 6.07) is 4.92. The molecular weight excluding hydrogens is 234 g/mol. The summed E-state index contributed by atoms with van der Waals surface area (Å²) in [6.45, 7) is 0.778. The van der Waals surface area contributed by atoms with Gasteiger partial charge in [-0.05, 0) is 25.2 Å². The van der Waals surface area contributed by atoms with Gasteiger partial charge in [0.05, 0.1) is 7.11 Å². The zero-order valence-electron chi connectivity index (χ0n) is 10.3. The molecule has 0 aliphatic carbocycles. The third-order valence-electron chi connectivity index (χ3n) is 2.49. The van der Waals surface area contributed by atoms with Crippen LogP contribution in [0.4, 0.5) is 0 Å². The van der Waals surface area contributed by atoms with Gasteiger partial charge in [0.25, 0.3) is 0 Å². The quantitative estimate of drug-likeness (QED) is 0.829. The number of hydrogen-bond donors (Lipinski definition) is 2. The molecule has 6 nitrogen and oxygen atoms in total. The van der Waals surface area contributed by atoms with Crippen LogP contribution in [-0.2, 0) is 6.42 Å². The largest absolute Gasteiger partial charge is 0.504 e. The molecule has 0 unspecified atom stereocenters. The zero-order chi connectivity index (χ0) is 13.0. The number of ether oxygens (including phenoxy) is 1. The van der Waals surface area contributed by atoms with Gasteiger partial charge >= 0.3 is 0 Å². The minimum atomic E-state index is 0.0835. The van der Waals surface area contributed by atoms with Crippen molar-refractivity contribution in [2.75, 3.05) is 20.7 Å². The van der Waals surface area contributed by atoms with Gasteiger partial charge < -0.3 is 19.7 Å². The molecule has 0 aliphatic heterocycles. The number of nitrogens with one attached hydrogen (secondary N) is 1. The van der Waals surface area contributed by atoms with Crippen molar-refractivity contribution in [3.63, 3.8) is 0 Å². The summed E-state index contributed by atoms with van der Waals surface area (Å²) >= 11 is 0. The third kappa shape index (κ3) is 2.60. The van der Waals surface area contributed by atoms with E-state index in [-0.39, 0.29) is 5.75 Å². The Bertz CT molecular complexity index is 525. The van der Waals surface area contributed by atoms with Crippen molar-refractivity contribution < 1.29 is 14.4 Å². The van der Waals surface area contributed by atoms with Gasteiger partial charge in [-0.2, -0.15) is 4.98 Å². The fourth-order valence-electron chi connectivity index (χ4n) is 1.52. The van der Waals surface area contributed by atoms with E-state index in [2.05, 4.69) is 15.5 Å². The fraction of sp³-hybridized carbons (Fsp3) is 0.333. The molecular formula is C12H15N3O3. The smallest absolute Gasteiger partial charge is 0.228 e. The SMILES string of the molecule is CNCCc1nc(-c2ccc(O)c(OC)c2)no1. The summed E-state index contributed by atoms with van der Waals surface area (Å²) in [5.41, 5.74) is 0.740. The van der Waals surface area contributed by atoms with E-state index < -0.39 is 0 Å². The maximum atomic E-state index is 9.51. The van der Waals surface area contributed by atoms with Gasteiger partial charge in [0, 0.05) is 18.5 Å². The van der Waals surface area contributed by atoms with Crippen LogP contribution in [0.1, 0.15) is 5.89 Å². The van der Waals surface area contributed by atoms with Gasteiger partial charge in [-0.15, -0.1) is 0 Å². The lowest BCUT2D eigenvalue weighted by Crippen LogP contribution is -2.10. The van der Waals surface area contributed by atoms with Crippen LogP contribution in [0.5, 0.6) is 11.5 Å². The Balaban J connectivity index is 2.23. The third-order valence-corrected chi connectivity index (χ3v) is 2.49. The number of methoxy groups -OCH3 is 1. The summed E-state index contributed by atoms with van der Waals surface area (Å²) in [6.07, 6.45) is 0.679. The number of phenolic OH excluding ortho intramolecular Hbond substituents is 1. The Hall–Kier alpha value is -2.08. The number of likely N-dealkylation sites (N-methyl/N-ethyl adjacent to an activating group) is 1. The van der Waals surface area contributed by atoms with Crippen molar-refractivity contribution in [2.24, 2.45) is 0 Å². The fourth-order valence-corrected chi connectivity index (χ4v) is 1.52. The first-order valence-electron chi connectivity index (χ1n) is 5.59. The highest BCUT2D eigenvalue weighted by Gasteiger charge is 2.10. The molecule has 0 aliphatic rings. The van der Waals surface area contributed by atoms with Crippen LogP contribution in [0.15, 0.2) is 22.7 Å². The highest BCUT2D eigenvalue weighted by atomic mass is 16.5. The normalized spacial score (nSPS) is 10.6. The van der Waals surface area contributed by atoms with E-state index in [0.717, 1.165) is 12.1 Å². The number of rotatable bonds is 5. The van der Waals surface area contributed by atoms with Gasteiger partial charge in [-0.25, -0.2) is 0 Å². The monoisotopic (exact) mass is 249 g/mol. The Morgan fingerprint density at radius 1 is 1.44 bits per heavy atom. The topological polar surface area (TPSA) is 80.4 Å². The van der Waals surface area contributed by atoms with Crippen LogP contribution in [0.2, 0.25) is 0 Å². The van der Waals surface area contributed by atoms with Crippen molar-refractivity contribution in [2.45, 2.75) is 6.42 Å². The molecule has 0 fully saturated rings. The van der Waals surface area contributed by atoms with Crippen molar-refractivity contribution in [1.82, 2.24) is 15.5 Å². The average molecular weight is 249 g/mol. The van der Waals surface area contributed by atoms with Crippen molar-refractivity contribution in [3.8, 4) is 22.9 Å². The molecule has 18 heavy (non-hydrogen) atoms. The van der Waals surface area contributed by atoms with Gasteiger partial charge in [-0.1, -0.05) is 5.16 Å². The zero-order valence-corrected chi connectivity index (χ0v) is 10.3. The van der Waals surface area contributed by atoms with Crippen LogP contribution >= 0.6 is 0 Å². The number of aromatic nitrogens is 2. The minimum absolute atomic E-state index is 0.0835. The van der Waals surface area contributed by atoms with Gasteiger partial charge in [0.1, 0.15) is 0 Å². The molecule has 0 atom stereocenters. The first-order chi connectivity index (χ1) is 8.74. The van der Waals surface area contributed by atoms with Gasteiger partial charge in [-0.3, -0.25) is 0 Å². The predicted octanol–water partition coefficient (Wildman–Crippen LogP) is 1.21. The Morgan fingerprint density at radius 2 is 2.28 bits per heavy atom. The van der Waals surface area contributed by atoms with Crippen molar-refractivity contribution in [3.05, 3.63) is 24.1 Å². The first kappa shape index (κ1) is 12.4. The van der Waals surface area contributed by atoms with Crippen LogP contribution in [0, 0.1) is 0 Å². The summed E-state index contributed by atoms with van der Waals surface area (Å²) in [5.74, 6) is 1.53. The summed E-state index contributed by atoms with van der Waals surface area (Å²) < 4.78 is 10.2. The summed E-state index contributed by atoms with van der Waals surface area (Å²) in [5, 5.41) is 16.4. The molecule has 2 aromatic rings. The van der Waals surface area contributed by atoms with Crippen LogP contribution in [0.3, 0.4) is 0 Å². The number of nitrogens with zero attached hydrogens (tertiary/aromatic N) is 2. The Labute approximate surface area is 105 Å². The molecule has 6 heteroatoms. The molecule has 1 heterocycles. The lowest BCUT2D eigenvalue weighted by molar-refractivity contribution is 0.373. The van der Waals surface area contributed by atoms with E-state index in [1.54, 1.807) is 12.1 Å². The number of aromatic hydroxyl groups is 1. The van der Waals surface area contributed by atoms with Crippen LogP contribution in [-0.4, -0.2) is 35.9 Å². The highest BCUT2D eigenvalue weighted by molar-refractivity contribution is 5.60. The maximum absolute atomic E-state index is 9.51. The van der Waals surface area contributed by atoms with Gasteiger partial charge in [0.2, 0.25) is 11.7 Å². The molecule has 0 bridgehead atoms. The van der Waals surface area contributed by atoms with E-state index in [4.69, 9.17) is 9.26 Å². The average Bonchev–Trinajstić information content (AvgIpc) is 2.85. The molecule has 2 N–H and O–H groups in total. The standard InChI is InChI=1S/C12H15N3O3/c1-13-6-5-11-14-12(15-18-11)8-3-4-9(16)10(7-8)17-2/h3-4,7,13,16H,5-6H2,1-2H3. The second kappa shape index (κ2) is 5.50. The van der Waals surface area contributed by atoms with E-state index >= 15 is 0 Å². The highest BCUT2D eigenvalue weighted by Crippen LogP contribution is 2.30. The van der Waals surface area contributed by atoms with E-state index in [1.807, 2.05) is 7.05 Å². The summed E-state index contributed by atoms with van der Waals surface area (Å²) in [7, 11) is 3.36. The number of hydrogen-bond acceptors (Lipinski definition) is 6.